The summed E-state index contributed by atoms with van der Waals surface area (Å²) < 4.78 is 6.54. The maximum absolute atomic E-state index is 12.9. The SMILES string of the molecule is COC(=O)[C@@H]1CN(C(=O)CSc2nc3ccccc3c(=O)n2C2CC2)CCS1. The van der Waals surface area contributed by atoms with Crippen molar-refractivity contribution in [1.82, 2.24) is 14.5 Å². The Balaban J connectivity index is 1.51. The Kier molecular flexibility index (Phi) is 5.63. The van der Waals surface area contributed by atoms with Crippen molar-refractivity contribution < 1.29 is 14.3 Å². The lowest BCUT2D eigenvalue weighted by Gasteiger charge is -2.30. The largest absolute Gasteiger partial charge is 0.468 e. The van der Waals surface area contributed by atoms with Gasteiger partial charge in [-0.2, -0.15) is 0 Å². The van der Waals surface area contributed by atoms with E-state index in [0.717, 1.165) is 12.8 Å². The van der Waals surface area contributed by atoms with Gasteiger partial charge in [-0.3, -0.25) is 19.0 Å². The van der Waals surface area contributed by atoms with Gasteiger partial charge >= 0.3 is 5.97 Å². The number of ether oxygens (including phenoxy) is 1. The minimum Gasteiger partial charge on any atom is -0.468 e. The van der Waals surface area contributed by atoms with Crippen LogP contribution in [0.2, 0.25) is 0 Å². The number of esters is 1. The predicted molar refractivity (Wildman–Crippen MR) is 110 cm³/mol. The van der Waals surface area contributed by atoms with Crippen molar-refractivity contribution in [3.63, 3.8) is 0 Å². The summed E-state index contributed by atoms with van der Waals surface area (Å²) in [6.45, 7) is 0.968. The summed E-state index contributed by atoms with van der Waals surface area (Å²) in [7, 11) is 1.36. The van der Waals surface area contributed by atoms with Gasteiger partial charge in [0.2, 0.25) is 5.91 Å². The first-order valence-electron chi connectivity index (χ1n) is 9.19. The van der Waals surface area contributed by atoms with Gasteiger partial charge in [0.25, 0.3) is 5.56 Å². The van der Waals surface area contributed by atoms with E-state index in [0.29, 0.717) is 34.9 Å². The normalized spacial score (nSPS) is 19.6. The highest BCUT2D eigenvalue weighted by Crippen LogP contribution is 2.37. The quantitative estimate of drug-likeness (QED) is 0.416. The molecule has 2 heterocycles. The Labute approximate surface area is 170 Å². The van der Waals surface area contributed by atoms with Gasteiger partial charge in [-0.25, -0.2) is 4.98 Å². The summed E-state index contributed by atoms with van der Waals surface area (Å²) in [5, 5.41) is 0.866. The topological polar surface area (TPSA) is 81.5 Å². The Morgan fingerprint density at radius 3 is 2.86 bits per heavy atom. The molecule has 2 fully saturated rings. The zero-order valence-corrected chi connectivity index (χ0v) is 17.1. The summed E-state index contributed by atoms with van der Waals surface area (Å²) in [4.78, 5) is 43.7. The lowest BCUT2D eigenvalue weighted by Crippen LogP contribution is -2.45. The number of aromatic nitrogens is 2. The number of rotatable bonds is 5. The third-order valence-corrected chi connectivity index (χ3v) is 7.00. The van der Waals surface area contributed by atoms with Crippen molar-refractivity contribution in [3.05, 3.63) is 34.6 Å². The van der Waals surface area contributed by atoms with E-state index < -0.39 is 0 Å². The van der Waals surface area contributed by atoms with Crippen LogP contribution in [0, 0.1) is 0 Å². The minimum atomic E-state index is -0.337. The number of methoxy groups -OCH3 is 1. The Morgan fingerprint density at radius 2 is 2.11 bits per heavy atom. The molecular formula is C19H21N3O4S2. The number of fused-ring (bicyclic) bond motifs is 1. The summed E-state index contributed by atoms with van der Waals surface area (Å²) in [6, 6.07) is 7.49. The molecule has 0 radical (unpaired) electrons. The number of benzene rings is 1. The van der Waals surface area contributed by atoms with Crippen LogP contribution >= 0.6 is 23.5 Å². The van der Waals surface area contributed by atoms with Gasteiger partial charge < -0.3 is 9.64 Å². The van der Waals surface area contributed by atoms with E-state index in [1.54, 1.807) is 15.5 Å². The molecule has 28 heavy (non-hydrogen) atoms. The Hall–Kier alpha value is -2.00. The smallest absolute Gasteiger partial charge is 0.320 e. The standard InChI is InChI=1S/C19H21N3O4S2/c1-26-18(25)15-10-21(8-9-27-15)16(23)11-28-19-20-14-5-3-2-4-13(14)17(24)22(19)12-6-7-12/h2-5,12,15H,6-11H2,1H3/t15-/m0/s1. The molecule has 7 nitrogen and oxygen atoms in total. The minimum absolute atomic E-state index is 0.0387. The number of amides is 1. The molecule has 1 aromatic carbocycles. The first kappa shape index (κ1) is 19.3. The highest BCUT2D eigenvalue weighted by atomic mass is 32.2. The molecule has 1 atom stereocenters. The molecular weight excluding hydrogens is 398 g/mol. The molecule has 4 rings (SSSR count). The number of hydrogen-bond acceptors (Lipinski definition) is 7. The molecule has 0 unspecified atom stereocenters. The van der Waals surface area contributed by atoms with Gasteiger partial charge in [0.15, 0.2) is 5.16 Å². The van der Waals surface area contributed by atoms with Gasteiger partial charge in [0.1, 0.15) is 5.25 Å². The van der Waals surface area contributed by atoms with E-state index >= 15 is 0 Å². The number of carbonyl (C=O) groups is 2. The Morgan fingerprint density at radius 1 is 1.32 bits per heavy atom. The van der Waals surface area contributed by atoms with Crippen molar-refractivity contribution in [2.45, 2.75) is 29.3 Å². The third-order valence-electron chi connectivity index (χ3n) is 4.90. The van der Waals surface area contributed by atoms with Crippen molar-refractivity contribution in [1.29, 1.82) is 0 Å². The van der Waals surface area contributed by atoms with E-state index in [2.05, 4.69) is 4.98 Å². The van der Waals surface area contributed by atoms with Gasteiger partial charge in [-0.05, 0) is 25.0 Å². The fraction of sp³-hybridized carbons (Fsp3) is 0.474. The van der Waals surface area contributed by atoms with E-state index in [1.165, 1.54) is 30.6 Å². The van der Waals surface area contributed by atoms with Crippen LogP contribution in [-0.4, -0.2) is 63.3 Å². The molecule has 2 aliphatic rings. The maximum Gasteiger partial charge on any atom is 0.320 e. The zero-order valence-electron chi connectivity index (χ0n) is 15.5. The number of carbonyl (C=O) groups excluding carboxylic acids is 2. The fourth-order valence-corrected chi connectivity index (χ4v) is 5.35. The summed E-state index contributed by atoms with van der Waals surface area (Å²) in [5.41, 5.74) is 0.614. The molecule has 1 amide bonds. The molecule has 1 saturated heterocycles. The van der Waals surface area contributed by atoms with Crippen molar-refractivity contribution >= 4 is 46.3 Å². The van der Waals surface area contributed by atoms with E-state index in [1.807, 2.05) is 18.2 Å². The Bertz CT molecular complexity index is 973. The van der Waals surface area contributed by atoms with Crippen LogP contribution in [-0.2, 0) is 14.3 Å². The molecule has 2 aromatic rings. The average molecular weight is 420 g/mol. The van der Waals surface area contributed by atoms with Gasteiger partial charge in [0, 0.05) is 24.9 Å². The predicted octanol–water partition coefficient (Wildman–Crippen LogP) is 1.94. The van der Waals surface area contributed by atoms with Crippen LogP contribution in [0.4, 0.5) is 0 Å². The van der Waals surface area contributed by atoms with Crippen LogP contribution in [0.3, 0.4) is 0 Å². The van der Waals surface area contributed by atoms with Gasteiger partial charge in [-0.15, -0.1) is 11.8 Å². The average Bonchev–Trinajstić information content (AvgIpc) is 3.56. The fourth-order valence-electron chi connectivity index (χ4n) is 3.25. The molecule has 1 aliphatic heterocycles. The van der Waals surface area contributed by atoms with Crippen molar-refractivity contribution in [2.75, 3.05) is 31.7 Å². The van der Waals surface area contributed by atoms with Crippen LogP contribution in [0.1, 0.15) is 18.9 Å². The number of hydrogen-bond donors (Lipinski definition) is 0. The van der Waals surface area contributed by atoms with E-state index in [9.17, 15) is 14.4 Å². The highest BCUT2D eigenvalue weighted by Gasteiger charge is 2.31. The molecule has 0 N–H and O–H groups in total. The lowest BCUT2D eigenvalue weighted by atomic mass is 10.2. The second kappa shape index (κ2) is 8.16. The summed E-state index contributed by atoms with van der Waals surface area (Å²) in [6.07, 6.45) is 1.93. The maximum atomic E-state index is 12.9. The molecule has 0 spiro atoms. The first-order chi connectivity index (χ1) is 13.6. The van der Waals surface area contributed by atoms with Crippen molar-refractivity contribution in [3.8, 4) is 0 Å². The van der Waals surface area contributed by atoms with Crippen molar-refractivity contribution in [2.24, 2.45) is 0 Å². The number of thioether (sulfide) groups is 2. The lowest BCUT2D eigenvalue weighted by molar-refractivity contribution is -0.141. The first-order valence-corrected chi connectivity index (χ1v) is 11.2. The summed E-state index contributed by atoms with van der Waals surface area (Å²) in [5.74, 6) is 0.547. The third kappa shape index (κ3) is 3.91. The van der Waals surface area contributed by atoms with E-state index in [-0.39, 0.29) is 34.5 Å². The number of nitrogens with zero attached hydrogens (tertiary/aromatic N) is 3. The van der Waals surface area contributed by atoms with Crippen LogP contribution in [0.15, 0.2) is 34.2 Å². The van der Waals surface area contributed by atoms with Crippen LogP contribution in [0.25, 0.3) is 10.9 Å². The molecule has 0 bridgehead atoms. The van der Waals surface area contributed by atoms with Gasteiger partial charge in [-0.1, -0.05) is 23.9 Å². The monoisotopic (exact) mass is 419 g/mol. The second-order valence-electron chi connectivity index (χ2n) is 6.83. The van der Waals surface area contributed by atoms with Crippen LogP contribution < -0.4 is 5.56 Å². The van der Waals surface area contributed by atoms with E-state index in [4.69, 9.17) is 4.74 Å². The van der Waals surface area contributed by atoms with Gasteiger partial charge in [0.05, 0.1) is 23.8 Å². The summed E-state index contributed by atoms with van der Waals surface area (Å²) >= 11 is 2.82. The zero-order chi connectivity index (χ0) is 19.7. The second-order valence-corrected chi connectivity index (χ2v) is 9.08. The number of para-hydroxylation sites is 1. The molecule has 1 saturated carbocycles. The van der Waals surface area contributed by atoms with Crippen LogP contribution in [0.5, 0.6) is 0 Å². The molecule has 1 aliphatic carbocycles. The molecule has 148 valence electrons. The molecule has 1 aromatic heterocycles. The highest BCUT2D eigenvalue weighted by molar-refractivity contribution is 8.00. The molecule has 9 heteroatoms.